The largest absolute Gasteiger partial charge is 0.476 e. The summed E-state index contributed by atoms with van der Waals surface area (Å²) in [6.45, 7) is 20.1. The molecule has 0 amide bonds. The number of ether oxygens (including phenoxy) is 1. The predicted octanol–water partition coefficient (Wildman–Crippen LogP) is 3.97. The zero-order chi connectivity index (χ0) is 20.8. The molecule has 2 heterocycles. The van der Waals surface area contributed by atoms with E-state index in [9.17, 15) is 0 Å². The normalized spacial score (nSPS) is 15.5. The summed E-state index contributed by atoms with van der Waals surface area (Å²) >= 11 is 0. The molecule has 1 aromatic rings. The predicted molar refractivity (Wildman–Crippen MR) is 124 cm³/mol. The Morgan fingerprint density at radius 3 is 2.32 bits per heavy atom. The second kappa shape index (κ2) is 14.5. The van der Waals surface area contributed by atoms with Crippen molar-refractivity contribution < 1.29 is 6.16 Å². The van der Waals surface area contributed by atoms with E-state index in [1.165, 1.54) is 13.0 Å². The highest BCUT2D eigenvalue weighted by Gasteiger charge is 2.14. The first-order valence-electron chi connectivity index (χ1n) is 11.3. The number of aromatic nitrogens is 1. The summed E-state index contributed by atoms with van der Waals surface area (Å²) in [6, 6.07) is 3.98. The van der Waals surface area contributed by atoms with Crippen LogP contribution in [-0.4, -0.2) is 73.7 Å². The van der Waals surface area contributed by atoms with E-state index in [2.05, 4.69) is 40.5 Å². The number of nitrogen functional groups attached to an aromatic ring is 1. The van der Waals surface area contributed by atoms with Crippen LogP contribution < -0.4 is 15.4 Å². The number of anilines is 2. The van der Waals surface area contributed by atoms with E-state index in [4.69, 9.17) is 10.5 Å². The van der Waals surface area contributed by atoms with E-state index >= 15 is 0 Å². The van der Waals surface area contributed by atoms with Crippen molar-refractivity contribution in [1.29, 1.82) is 0 Å². The fourth-order valence-electron chi connectivity index (χ4n) is 3.52. The second-order valence-corrected chi connectivity index (χ2v) is 7.05. The number of hydrogen-bond donors (Lipinski definition) is 1. The molecule has 28 heavy (non-hydrogen) atoms. The third-order valence-corrected chi connectivity index (χ3v) is 4.94. The van der Waals surface area contributed by atoms with Gasteiger partial charge < -0.3 is 20.3 Å². The SMILES string of the molecule is CC.CCCN(CCC)c1cc(N)nc(OCCN2CCCN(CC)CC2)c1.[HH]. The van der Waals surface area contributed by atoms with Gasteiger partial charge in [0.1, 0.15) is 12.4 Å². The van der Waals surface area contributed by atoms with Crippen molar-refractivity contribution in [2.45, 2.75) is 53.9 Å². The van der Waals surface area contributed by atoms with Gasteiger partial charge in [0, 0.05) is 52.0 Å². The first-order valence-corrected chi connectivity index (χ1v) is 11.3. The van der Waals surface area contributed by atoms with Gasteiger partial charge in [-0.2, -0.15) is 4.98 Å². The minimum Gasteiger partial charge on any atom is -0.476 e. The smallest absolute Gasteiger partial charge is 0.217 e. The van der Waals surface area contributed by atoms with Crippen LogP contribution in [0.1, 0.15) is 55.3 Å². The lowest BCUT2D eigenvalue weighted by molar-refractivity contribution is 0.206. The molecule has 0 atom stereocenters. The van der Waals surface area contributed by atoms with Crippen LogP contribution in [0.15, 0.2) is 12.1 Å². The number of likely N-dealkylation sites (N-methyl/N-ethyl adjacent to an activating group) is 1. The third kappa shape index (κ3) is 8.65. The van der Waals surface area contributed by atoms with Gasteiger partial charge in [0.2, 0.25) is 5.88 Å². The van der Waals surface area contributed by atoms with Crippen LogP contribution in [0.2, 0.25) is 0 Å². The highest BCUT2D eigenvalue weighted by molar-refractivity contribution is 5.55. The Balaban J connectivity index is 0.00000253. The summed E-state index contributed by atoms with van der Waals surface area (Å²) in [5.74, 6) is 1.17. The van der Waals surface area contributed by atoms with Crippen molar-refractivity contribution in [3.63, 3.8) is 0 Å². The molecule has 0 aromatic carbocycles. The first kappa shape index (κ1) is 24.5. The fourth-order valence-corrected chi connectivity index (χ4v) is 3.52. The quantitative estimate of drug-likeness (QED) is 0.647. The molecule has 0 bridgehead atoms. The standard InChI is InChI=1S/C20H37N5O.C2H6.H2/c1-4-8-25(9-5-2)18-16-19(21)22-20(17-18)26-15-14-24-11-7-10-23(6-3)12-13-24;1-2;/h16-17H,4-15H2,1-3H3,(H2,21,22);1-2H3;1H. The van der Waals surface area contributed by atoms with Crippen molar-refractivity contribution in [3.8, 4) is 5.88 Å². The minimum absolute atomic E-state index is 0. The van der Waals surface area contributed by atoms with Crippen molar-refractivity contribution in [1.82, 2.24) is 14.8 Å². The van der Waals surface area contributed by atoms with Gasteiger partial charge in [-0.1, -0.05) is 34.6 Å². The first-order chi connectivity index (χ1) is 13.7. The molecular weight excluding hydrogens is 350 g/mol. The molecule has 2 rings (SSSR count). The van der Waals surface area contributed by atoms with Crippen molar-refractivity contribution in [3.05, 3.63) is 12.1 Å². The van der Waals surface area contributed by atoms with E-state index in [1.54, 1.807) is 0 Å². The molecule has 0 aliphatic carbocycles. The lowest BCUT2D eigenvalue weighted by Crippen LogP contribution is -2.33. The molecule has 1 fully saturated rings. The summed E-state index contributed by atoms with van der Waals surface area (Å²) in [6.07, 6.45) is 3.46. The number of nitrogens with zero attached hydrogens (tertiary/aromatic N) is 4. The van der Waals surface area contributed by atoms with Gasteiger partial charge in [-0.05, 0) is 38.9 Å². The third-order valence-electron chi connectivity index (χ3n) is 4.94. The fraction of sp³-hybridized carbons (Fsp3) is 0.773. The van der Waals surface area contributed by atoms with Gasteiger partial charge in [0.25, 0.3) is 0 Å². The summed E-state index contributed by atoms with van der Waals surface area (Å²) in [5, 5.41) is 0. The number of nitrogens with two attached hydrogens (primary N) is 1. The topological polar surface area (TPSA) is 57.9 Å². The maximum atomic E-state index is 6.02. The highest BCUT2D eigenvalue weighted by Crippen LogP contribution is 2.23. The van der Waals surface area contributed by atoms with E-state index in [0.717, 1.165) is 64.3 Å². The summed E-state index contributed by atoms with van der Waals surface area (Å²) in [4.78, 5) is 11.7. The number of hydrogen-bond acceptors (Lipinski definition) is 6. The Morgan fingerprint density at radius 2 is 1.68 bits per heavy atom. The van der Waals surface area contributed by atoms with Crippen molar-refractivity contribution in [2.75, 3.05) is 69.6 Å². The van der Waals surface area contributed by atoms with Gasteiger partial charge in [-0.25, -0.2) is 0 Å². The Bertz CT molecular complexity index is 526. The summed E-state index contributed by atoms with van der Waals surface area (Å²) in [7, 11) is 0. The lowest BCUT2D eigenvalue weighted by atomic mass is 10.3. The Hall–Kier alpha value is -1.53. The van der Waals surface area contributed by atoms with Crippen LogP contribution in [0, 0.1) is 0 Å². The van der Waals surface area contributed by atoms with Crippen molar-refractivity contribution >= 4 is 11.5 Å². The van der Waals surface area contributed by atoms with Gasteiger partial charge in [0.05, 0.1) is 0 Å². The molecule has 1 aliphatic heterocycles. The average molecular weight is 396 g/mol. The summed E-state index contributed by atoms with van der Waals surface area (Å²) in [5.41, 5.74) is 7.14. The molecule has 0 spiro atoms. The zero-order valence-corrected chi connectivity index (χ0v) is 18.9. The molecule has 2 N–H and O–H groups in total. The number of pyridine rings is 1. The van der Waals surface area contributed by atoms with Crippen LogP contribution in [0.25, 0.3) is 0 Å². The second-order valence-electron chi connectivity index (χ2n) is 7.05. The van der Waals surface area contributed by atoms with E-state index < -0.39 is 0 Å². The monoisotopic (exact) mass is 395 g/mol. The summed E-state index contributed by atoms with van der Waals surface area (Å²) < 4.78 is 5.96. The molecular formula is C22H45N5O. The molecule has 1 saturated heterocycles. The Labute approximate surface area is 174 Å². The molecule has 164 valence electrons. The Kier molecular flexibility index (Phi) is 12.7. The zero-order valence-electron chi connectivity index (χ0n) is 18.9. The van der Waals surface area contributed by atoms with Gasteiger partial charge >= 0.3 is 0 Å². The van der Waals surface area contributed by atoms with Crippen LogP contribution in [0.4, 0.5) is 11.5 Å². The molecule has 1 aromatic heterocycles. The molecule has 0 saturated carbocycles. The van der Waals surface area contributed by atoms with Crippen LogP contribution in [0.5, 0.6) is 5.88 Å². The van der Waals surface area contributed by atoms with Gasteiger partial charge in [-0.15, -0.1) is 0 Å². The molecule has 6 nitrogen and oxygen atoms in total. The van der Waals surface area contributed by atoms with Gasteiger partial charge in [-0.3, -0.25) is 4.90 Å². The maximum absolute atomic E-state index is 6.02. The van der Waals surface area contributed by atoms with E-state index in [-0.39, 0.29) is 1.43 Å². The molecule has 0 unspecified atom stereocenters. The Morgan fingerprint density at radius 1 is 1.04 bits per heavy atom. The van der Waals surface area contributed by atoms with Crippen molar-refractivity contribution in [2.24, 2.45) is 0 Å². The van der Waals surface area contributed by atoms with E-state index in [1.807, 2.05) is 26.0 Å². The average Bonchev–Trinajstić information content (AvgIpc) is 2.94. The minimum atomic E-state index is 0. The van der Waals surface area contributed by atoms with Crippen LogP contribution in [0.3, 0.4) is 0 Å². The molecule has 6 heteroatoms. The van der Waals surface area contributed by atoms with Crippen LogP contribution >= 0.6 is 0 Å². The molecule has 1 aliphatic rings. The van der Waals surface area contributed by atoms with Crippen LogP contribution in [-0.2, 0) is 0 Å². The lowest BCUT2D eigenvalue weighted by Gasteiger charge is -2.24. The van der Waals surface area contributed by atoms with E-state index in [0.29, 0.717) is 18.3 Å². The molecule has 0 radical (unpaired) electrons. The maximum Gasteiger partial charge on any atom is 0.217 e. The number of rotatable bonds is 10. The highest BCUT2D eigenvalue weighted by atomic mass is 16.5. The van der Waals surface area contributed by atoms with Gasteiger partial charge in [0.15, 0.2) is 0 Å².